The molecule has 0 bridgehead atoms. The van der Waals surface area contributed by atoms with E-state index in [9.17, 15) is 31.1 Å². The molecule has 0 saturated heterocycles. The van der Waals surface area contributed by atoms with Gasteiger partial charge in [-0.2, -0.15) is 31.4 Å². The van der Waals surface area contributed by atoms with Crippen LogP contribution in [-0.4, -0.2) is 33.0 Å². The molecule has 1 aromatic carbocycles. The highest BCUT2D eigenvalue weighted by Gasteiger charge is 2.49. The van der Waals surface area contributed by atoms with Crippen molar-refractivity contribution in [3.05, 3.63) is 59.0 Å². The molecule has 3 aromatic rings. The van der Waals surface area contributed by atoms with E-state index in [2.05, 4.69) is 15.4 Å². The standard InChI is InChI=1S/C22H22F6N4O/c1-12(16-10-29-32(13(16)2)11-21(23,24)25)30-19(33)15-5-7-17-14(9-15)6-8-18(31-17)20(3,4)22(26,27)28/h5-10,12H,11H2,1-4H3,(H,30,33). The lowest BCUT2D eigenvalue weighted by atomic mass is 9.87. The Balaban J connectivity index is 1.80. The lowest BCUT2D eigenvalue weighted by Gasteiger charge is -2.27. The monoisotopic (exact) mass is 472 g/mol. The summed E-state index contributed by atoms with van der Waals surface area (Å²) in [5.74, 6) is -0.493. The number of fused-ring (bicyclic) bond motifs is 1. The van der Waals surface area contributed by atoms with Gasteiger partial charge in [0.1, 0.15) is 12.0 Å². The number of hydrogen-bond donors (Lipinski definition) is 1. The molecule has 1 N–H and O–H groups in total. The minimum atomic E-state index is -4.48. The number of carbonyl (C=O) groups excluding carboxylic acids is 1. The fourth-order valence-electron chi connectivity index (χ4n) is 3.33. The number of alkyl halides is 6. The second-order valence-electron chi connectivity index (χ2n) is 8.38. The van der Waals surface area contributed by atoms with Crippen LogP contribution in [0.3, 0.4) is 0 Å². The zero-order chi connectivity index (χ0) is 24.8. The first-order valence-corrected chi connectivity index (χ1v) is 9.98. The Morgan fingerprint density at radius 1 is 1.09 bits per heavy atom. The van der Waals surface area contributed by atoms with Gasteiger partial charge in [0.25, 0.3) is 5.91 Å². The van der Waals surface area contributed by atoms with Crippen LogP contribution in [0.25, 0.3) is 10.9 Å². The number of carbonyl (C=O) groups is 1. The van der Waals surface area contributed by atoms with Crippen molar-refractivity contribution in [2.45, 2.75) is 58.0 Å². The summed E-state index contributed by atoms with van der Waals surface area (Å²) in [6, 6.07) is 6.51. The van der Waals surface area contributed by atoms with Crippen LogP contribution in [0.2, 0.25) is 0 Å². The Labute approximate surface area is 185 Å². The van der Waals surface area contributed by atoms with Crippen molar-refractivity contribution in [3.8, 4) is 0 Å². The van der Waals surface area contributed by atoms with Gasteiger partial charge < -0.3 is 5.32 Å². The van der Waals surface area contributed by atoms with Gasteiger partial charge in [-0.3, -0.25) is 14.5 Å². The van der Waals surface area contributed by atoms with E-state index in [1.54, 1.807) is 6.92 Å². The highest BCUT2D eigenvalue weighted by atomic mass is 19.4. The van der Waals surface area contributed by atoms with E-state index in [1.165, 1.54) is 43.5 Å². The number of nitrogens with one attached hydrogen (secondary N) is 1. The Morgan fingerprint density at radius 3 is 2.36 bits per heavy atom. The molecule has 0 aliphatic rings. The smallest absolute Gasteiger partial charge is 0.345 e. The van der Waals surface area contributed by atoms with E-state index in [0.29, 0.717) is 16.5 Å². The maximum Gasteiger partial charge on any atom is 0.408 e. The van der Waals surface area contributed by atoms with E-state index >= 15 is 0 Å². The first-order chi connectivity index (χ1) is 15.1. The average molecular weight is 472 g/mol. The molecular weight excluding hydrogens is 450 g/mol. The van der Waals surface area contributed by atoms with Gasteiger partial charge in [0.15, 0.2) is 0 Å². The molecule has 5 nitrogen and oxygen atoms in total. The molecular formula is C22H22F6N4O. The first-order valence-electron chi connectivity index (χ1n) is 9.98. The topological polar surface area (TPSA) is 59.8 Å². The van der Waals surface area contributed by atoms with Crippen molar-refractivity contribution in [2.24, 2.45) is 0 Å². The van der Waals surface area contributed by atoms with Crippen LogP contribution in [0.15, 0.2) is 36.5 Å². The van der Waals surface area contributed by atoms with Crippen molar-refractivity contribution in [2.75, 3.05) is 0 Å². The fraction of sp³-hybridized carbons (Fsp3) is 0.409. The second kappa shape index (κ2) is 8.35. The summed E-state index contributed by atoms with van der Waals surface area (Å²) >= 11 is 0. The van der Waals surface area contributed by atoms with Gasteiger partial charge in [-0.1, -0.05) is 6.07 Å². The maximum absolute atomic E-state index is 13.3. The third-order valence-electron chi connectivity index (χ3n) is 5.58. The van der Waals surface area contributed by atoms with E-state index in [4.69, 9.17) is 0 Å². The Bertz CT molecular complexity index is 1180. The largest absolute Gasteiger partial charge is 0.408 e. The SMILES string of the molecule is Cc1c(C(C)NC(=O)c2ccc3nc(C(C)(C)C(F)(F)F)ccc3c2)cnn1CC(F)(F)F. The van der Waals surface area contributed by atoms with Crippen LogP contribution >= 0.6 is 0 Å². The molecule has 0 saturated carbocycles. The van der Waals surface area contributed by atoms with Gasteiger partial charge in [0.05, 0.1) is 23.4 Å². The molecule has 178 valence electrons. The van der Waals surface area contributed by atoms with Crippen molar-refractivity contribution in [3.63, 3.8) is 0 Å². The number of rotatable bonds is 5. The van der Waals surface area contributed by atoms with E-state index in [1.807, 2.05) is 0 Å². The average Bonchev–Trinajstić information content (AvgIpc) is 3.04. The van der Waals surface area contributed by atoms with Crippen molar-refractivity contribution in [1.29, 1.82) is 0 Å². The molecule has 1 amide bonds. The minimum absolute atomic E-state index is 0.139. The predicted octanol–water partition coefficient (Wildman–Crippen LogP) is 5.63. The summed E-state index contributed by atoms with van der Waals surface area (Å²) in [5.41, 5.74) is -1.02. The lowest BCUT2D eigenvalue weighted by molar-refractivity contribution is -0.181. The summed E-state index contributed by atoms with van der Waals surface area (Å²) in [6.45, 7) is 3.96. The number of aromatic nitrogens is 3. The molecule has 1 unspecified atom stereocenters. The minimum Gasteiger partial charge on any atom is -0.345 e. The summed E-state index contributed by atoms with van der Waals surface area (Å²) in [6.07, 6.45) is -7.62. The number of halogens is 6. The van der Waals surface area contributed by atoms with E-state index in [0.717, 1.165) is 18.5 Å². The van der Waals surface area contributed by atoms with Crippen LogP contribution < -0.4 is 5.32 Å². The maximum atomic E-state index is 13.3. The number of benzene rings is 1. The predicted molar refractivity (Wildman–Crippen MR) is 110 cm³/mol. The molecule has 0 aliphatic heterocycles. The van der Waals surface area contributed by atoms with Crippen LogP contribution in [0.4, 0.5) is 26.3 Å². The normalized spacial score (nSPS) is 13.9. The van der Waals surface area contributed by atoms with Gasteiger partial charge in [-0.25, -0.2) is 0 Å². The van der Waals surface area contributed by atoms with Gasteiger partial charge in [0.2, 0.25) is 0 Å². The Morgan fingerprint density at radius 2 is 1.76 bits per heavy atom. The molecule has 0 fully saturated rings. The van der Waals surface area contributed by atoms with Crippen LogP contribution in [-0.2, 0) is 12.0 Å². The molecule has 33 heavy (non-hydrogen) atoms. The molecule has 1 atom stereocenters. The Hall–Kier alpha value is -3.11. The number of amides is 1. The van der Waals surface area contributed by atoms with Gasteiger partial charge in [-0.15, -0.1) is 0 Å². The van der Waals surface area contributed by atoms with E-state index in [-0.39, 0.29) is 17.0 Å². The lowest BCUT2D eigenvalue weighted by Crippen LogP contribution is -2.37. The quantitative estimate of drug-likeness (QED) is 0.490. The highest BCUT2D eigenvalue weighted by Crippen LogP contribution is 2.40. The number of nitrogens with zero attached hydrogens (tertiary/aromatic N) is 3. The molecule has 0 radical (unpaired) electrons. The Kier molecular flexibility index (Phi) is 6.20. The van der Waals surface area contributed by atoms with Crippen LogP contribution in [0.1, 0.15) is 54.1 Å². The molecule has 0 spiro atoms. The molecule has 2 aromatic heterocycles. The fourth-order valence-corrected chi connectivity index (χ4v) is 3.33. The van der Waals surface area contributed by atoms with Crippen molar-refractivity contribution < 1.29 is 31.1 Å². The van der Waals surface area contributed by atoms with E-state index < -0.39 is 36.3 Å². The first kappa shape index (κ1) is 24.5. The summed E-state index contributed by atoms with van der Waals surface area (Å²) < 4.78 is 78.7. The van der Waals surface area contributed by atoms with Gasteiger partial charge in [-0.05, 0) is 52.0 Å². The van der Waals surface area contributed by atoms with Crippen molar-refractivity contribution in [1.82, 2.24) is 20.1 Å². The highest BCUT2D eigenvalue weighted by molar-refractivity contribution is 5.98. The van der Waals surface area contributed by atoms with Crippen LogP contribution in [0.5, 0.6) is 0 Å². The third kappa shape index (κ3) is 5.12. The van der Waals surface area contributed by atoms with Crippen molar-refractivity contribution >= 4 is 16.8 Å². The summed E-state index contributed by atoms with van der Waals surface area (Å²) in [7, 11) is 0. The van der Waals surface area contributed by atoms with Crippen LogP contribution in [0, 0.1) is 6.92 Å². The van der Waals surface area contributed by atoms with Gasteiger partial charge >= 0.3 is 12.4 Å². The third-order valence-corrected chi connectivity index (χ3v) is 5.58. The zero-order valence-electron chi connectivity index (χ0n) is 18.3. The molecule has 2 heterocycles. The summed E-state index contributed by atoms with van der Waals surface area (Å²) in [5, 5.41) is 6.93. The molecule has 11 heteroatoms. The number of hydrogen-bond acceptors (Lipinski definition) is 3. The summed E-state index contributed by atoms with van der Waals surface area (Å²) in [4.78, 5) is 16.8. The number of pyridine rings is 1. The zero-order valence-corrected chi connectivity index (χ0v) is 18.3. The molecule has 3 rings (SSSR count). The molecule has 0 aliphatic carbocycles. The second-order valence-corrected chi connectivity index (χ2v) is 8.38. The van der Waals surface area contributed by atoms with Gasteiger partial charge in [0, 0.05) is 22.2 Å².